The number of halogens is 1. The van der Waals surface area contributed by atoms with Crippen LogP contribution in [0.1, 0.15) is 26.3 Å². The van der Waals surface area contributed by atoms with E-state index >= 15 is 0 Å². The Labute approximate surface area is 111 Å². The molecule has 0 saturated heterocycles. The SMILES string of the molecule is CCN(c1ccc(C(N)=S)c(Br)c1)C(C)C. The summed E-state index contributed by atoms with van der Waals surface area (Å²) >= 11 is 8.47. The van der Waals surface area contributed by atoms with Crippen LogP contribution in [0.3, 0.4) is 0 Å². The van der Waals surface area contributed by atoms with Gasteiger partial charge < -0.3 is 10.6 Å². The van der Waals surface area contributed by atoms with E-state index in [4.69, 9.17) is 18.0 Å². The Morgan fingerprint density at radius 3 is 2.50 bits per heavy atom. The zero-order chi connectivity index (χ0) is 12.3. The third-order valence-electron chi connectivity index (χ3n) is 2.51. The van der Waals surface area contributed by atoms with Crippen molar-refractivity contribution < 1.29 is 0 Å². The van der Waals surface area contributed by atoms with E-state index in [9.17, 15) is 0 Å². The maximum Gasteiger partial charge on any atom is 0.105 e. The van der Waals surface area contributed by atoms with E-state index in [-0.39, 0.29) is 0 Å². The maximum absolute atomic E-state index is 5.62. The molecule has 0 heterocycles. The van der Waals surface area contributed by atoms with Crippen LogP contribution in [0, 0.1) is 0 Å². The number of nitrogens with zero attached hydrogens (tertiary/aromatic N) is 1. The number of hydrogen-bond donors (Lipinski definition) is 1. The van der Waals surface area contributed by atoms with E-state index in [0.717, 1.165) is 16.6 Å². The first-order valence-electron chi connectivity index (χ1n) is 5.33. The first-order valence-corrected chi connectivity index (χ1v) is 6.53. The maximum atomic E-state index is 5.62. The summed E-state index contributed by atoms with van der Waals surface area (Å²) in [5, 5.41) is 0. The molecule has 1 aromatic rings. The molecule has 0 aliphatic carbocycles. The molecule has 0 fully saturated rings. The summed E-state index contributed by atoms with van der Waals surface area (Å²) in [4.78, 5) is 2.74. The summed E-state index contributed by atoms with van der Waals surface area (Å²) in [7, 11) is 0. The van der Waals surface area contributed by atoms with Crippen LogP contribution in [0.25, 0.3) is 0 Å². The molecule has 1 rings (SSSR count). The van der Waals surface area contributed by atoms with E-state index in [2.05, 4.69) is 53.7 Å². The van der Waals surface area contributed by atoms with Crippen molar-refractivity contribution in [3.05, 3.63) is 28.2 Å². The zero-order valence-corrected chi connectivity index (χ0v) is 12.2. The second-order valence-corrected chi connectivity index (χ2v) is 5.20. The van der Waals surface area contributed by atoms with Crippen molar-refractivity contribution in [2.45, 2.75) is 26.8 Å². The van der Waals surface area contributed by atoms with Gasteiger partial charge in [-0.15, -0.1) is 0 Å². The molecule has 16 heavy (non-hydrogen) atoms. The predicted molar refractivity (Wildman–Crippen MR) is 78.2 cm³/mol. The molecule has 4 heteroatoms. The lowest BCUT2D eigenvalue weighted by atomic mass is 10.1. The van der Waals surface area contributed by atoms with E-state index in [1.165, 1.54) is 5.69 Å². The second-order valence-electron chi connectivity index (χ2n) is 3.91. The standard InChI is InChI=1S/C12H17BrN2S/c1-4-15(8(2)3)9-5-6-10(12(14)16)11(13)7-9/h5-8H,4H2,1-3H3,(H2,14,16). The first-order chi connectivity index (χ1) is 7.47. The van der Waals surface area contributed by atoms with Crippen LogP contribution in [-0.4, -0.2) is 17.6 Å². The van der Waals surface area contributed by atoms with E-state index < -0.39 is 0 Å². The first kappa shape index (κ1) is 13.5. The number of rotatable bonds is 4. The van der Waals surface area contributed by atoms with E-state index in [0.29, 0.717) is 11.0 Å². The monoisotopic (exact) mass is 300 g/mol. The molecule has 0 amide bonds. The molecule has 0 aliphatic rings. The number of nitrogens with two attached hydrogens (primary N) is 1. The number of hydrogen-bond acceptors (Lipinski definition) is 2. The minimum atomic E-state index is 0.422. The van der Waals surface area contributed by atoms with Crippen molar-refractivity contribution in [1.82, 2.24) is 0 Å². The molecule has 0 saturated carbocycles. The highest BCUT2D eigenvalue weighted by molar-refractivity contribution is 9.10. The molecule has 0 radical (unpaired) electrons. The highest BCUT2D eigenvalue weighted by Crippen LogP contribution is 2.25. The fourth-order valence-corrected chi connectivity index (χ4v) is 2.62. The molecule has 0 aromatic heterocycles. The number of benzene rings is 1. The van der Waals surface area contributed by atoms with Gasteiger partial charge in [0.15, 0.2) is 0 Å². The lowest BCUT2D eigenvalue weighted by molar-refractivity contribution is 0.703. The zero-order valence-electron chi connectivity index (χ0n) is 9.83. The van der Waals surface area contributed by atoms with Gasteiger partial charge in [0.2, 0.25) is 0 Å². The van der Waals surface area contributed by atoms with E-state index in [1.54, 1.807) is 0 Å². The fraction of sp³-hybridized carbons (Fsp3) is 0.417. The third-order valence-corrected chi connectivity index (χ3v) is 3.39. The Balaban J connectivity index is 3.09. The summed E-state index contributed by atoms with van der Waals surface area (Å²) in [5.41, 5.74) is 7.69. The van der Waals surface area contributed by atoms with Gasteiger partial charge in [0.05, 0.1) is 0 Å². The average molecular weight is 301 g/mol. The predicted octanol–water partition coefficient (Wildman–Crippen LogP) is 3.32. The molecule has 0 atom stereocenters. The highest BCUT2D eigenvalue weighted by Gasteiger charge is 2.10. The van der Waals surface area contributed by atoms with Gasteiger partial charge >= 0.3 is 0 Å². The minimum absolute atomic E-state index is 0.422. The van der Waals surface area contributed by atoms with Gasteiger partial charge in [-0.3, -0.25) is 0 Å². The van der Waals surface area contributed by atoms with Crippen molar-refractivity contribution in [2.24, 2.45) is 5.73 Å². The van der Waals surface area contributed by atoms with Crippen LogP contribution in [0.2, 0.25) is 0 Å². The highest BCUT2D eigenvalue weighted by atomic mass is 79.9. The Morgan fingerprint density at radius 1 is 1.50 bits per heavy atom. The molecule has 0 spiro atoms. The van der Waals surface area contributed by atoms with E-state index in [1.807, 2.05) is 6.07 Å². The van der Waals surface area contributed by atoms with Gasteiger partial charge in [0, 0.05) is 28.3 Å². The second kappa shape index (κ2) is 5.64. The minimum Gasteiger partial charge on any atom is -0.389 e. The van der Waals surface area contributed by atoms with Crippen LogP contribution in [0.5, 0.6) is 0 Å². The summed E-state index contributed by atoms with van der Waals surface area (Å²) in [5.74, 6) is 0. The van der Waals surface area contributed by atoms with Crippen molar-refractivity contribution in [3.8, 4) is 0 Å². The molecule has 0 bridgehead atoms. The van der Waals surface area contributed by atoms with Crippen LogP contribution < -0.4 is 10.6 Å². The van der Waals surface area contributed by atoms with Gasteiger partial charge in [0.1, 0.15) is 4.99 Å². The number of anilines is 1. The Bertz CT molecular complexity index is 391. The fourth-order valence-electron chi connectivity index (χ4n) is 1.73. The average Bonchev–Trinajstić information content (AvgIpc) is 2.17. The quantitative estimate of drug-likeness (QED) is 0.865. The molecular formula is C12H17BrN2S. The Morgan fingerprint density at radius 2 is 2.12 bits per heavy atom. The normalized spacial score (nSPS) is 10.6. The molecule has 88 valence electrons. The van der Waals surface area contributed by atoms with Gasteiger partial charge in [-0.05, 0) is 54.9 Å². The molecule has 0 unspecified atom stereocenters. The summed E-state index contributed by atoms with van der Waals surface area (Å²) in [6.45, 7) is 7.49. The van der Waals surface area contributed by atoms with Crippen LogP contribution in [0.15, 0.2) is 22.7 Å². The topological polar surface area (TPSA) is 29.3 Å². The third kappa shape index (κ3) is 2.95. The van der Waals surface area contributed by atoms with Crippen molar-refractivity contribution in [1.29, 1.82) is 0 Å². The van der Waals surface area contributed by atoms with Crippen molar-refractivity contribution in [3.63, 3.8) is 0 Å². The molecule has 2 N–H and O–H groups in total. The molecular weight excluding hydrogens is 284 g/mol. The van der Waals surface area contributed by atoms with Gasteiger partial charge in [0.25, 0.3) is 0 Å². The smallest absolute Gasteiger partial charge is 0.105 e. The summed E-state index contributed by atoms with van der Waals surface area (Å²) in [6.07, 6.45) is 0. The van der Waals surface area contributed by atoms with Gasteiger partial charge in [-0.1, -0.05) is 12.2 Å². The van der Waals surface area contributed by atoms with Crippen molar-refractivity contribution in [2.75, 3.05) is 11.4 Å². The largest absolute Gasteiger partial charge is 0.389 e. The van der Waals surface area contributed by atoms with Crippen LogP contribution in [-0.2, 0) is 0 Å². The summed E-state index contributed by atoms with van der Waals surface area (Å²) in [6, 6.07) is 6.57. The molecule has 1 aromatic carbocycles. The molecule has 2 nitrogen and oxygen atoms in total. The number of thiocarbonyl (C=S) groups is 1. The van der Waals surface area contributed by atoms with Gasteiger partial charge in [-0.25, -0.2) is 0 Å². The summed E-state index contributed by atoms with van der Waals surface area (Å²) < 4.78 is 0.955. The van der Waals surface area contributed by atoms with Crippen molar-refractivity contribution >= 4 is 38.8 Å². The lowest BCUT2D eigenvalue weighted by Crippen LogP contribution is -2.30. The Kier molecular flexibility index (Phi) is 4.74. The Hall–Kier alpha value is -0.610. The lowest BCUT2D eigenvalue weighted by Gasteiger charge is -2.28. The van der Waals surface area contributed by atoms with Gasteiger partial charge in [-0.2, -0.15) is 0 Å². The van der Waals surface area contributed by atoms with Crippen LogP contribution in [0.4, 0.5) is 5.69 Å². The van der Waals surface area contributed by atoms with Crippen LogP contribution >= 0.6 is 28.1 Å². The molecule has 0 aliphatic heterocycles.